The second kappa shape index (κ2) is 14.8. The zero-order valence-electron chi connectivity index (χ0n) is 29.3. The summed E-state index contributed by atoms with van der Waals surface area (Å²) >= 11 is 13.9. The monoisotopic (exact) mass is 754 g/mol. The van der Waals surface area contributed by atoms with E-state index < -0.39 is 0 Å². The van der Waals surface area contributed by atoms with Crippen molar-refractivity contribution < 1.29 is 24.1 Å². The van der Waals surface area contributed by atoms with Crippen molar-refractivity contribution in [2.75, 3.05) is 39.8 Å². The van der Waals surface area contributed by atoms with Gasteiger partial charge in [0.15, 0.2) is 5.58 Å². The molecule has 2 saturated heterocycles. The number of ether oxygens (including phenoxy) is 2. The van der Waals surface area contributed by atoms with Crippen LogP contribution in [0.15, 0.2) is 59.1 Å². The molecule has 2 aliphatic heterocycles. The number of halogens is 2. The number of nitriles is 1. The number of nitrogens with zero attached hydrogens (tertiary/aromatic N) is 5. The average molecular weight is 756 g/mol. The number of β-amino-alcohol motifs (C(OH)–C–C–N with tert-alkyl or cyclic N) is 2. The number of hydrogen-bond acceptors (Lipinski definition) is 10. The number of aliphatic hydroxyl groups excluding tert-OH is 2. The van der Waals surface area contributed by atoms with Gasteiger partial charge in [-0.05, 0) is 60.6 Å². The van der Waals surface area contributed by atoms with Gasteiger partial charge in [-0.2, -0.15) is 10.2 Å². The van der Waals surface area contributed by atoms with E-state index >= 15 is 0 Å². The number of benzene rings is 2. The topological polar surface area (TPSA) is 144 Å². The summed E-state index contributed by atoms with van der Waals surface area (Å²) in [5, 5.41) is 40.3. The summed E-state index contributed by atoms with van der Waals surface area (Å²) in [7, 11) is 1.58. The van der Waals surface area contributed by atoms with Crippen LogP contribution in [0.2, 0.25) is 10.0 Å². The highest BCUT2D eigenvalue weighted by Gasteiger charge is 2.30. The number of methoxy groups -OCH3 is 1. The molecule has 8 rings (SSSR count). The van der Waals surface area contributed by atoms with Crippen LogP contribution < -0.4 is 15.0 Å². The first-order valence-corrected chi connectivity index (χ1v) is 18.7. The van der Waals surface area contributed by atoms with E-state index in [1.165, 1.54) is 0 Å². The number of nitrogens with one attached hydrogen (secondary N) is 1. The van der Waals surface area contributed by atoms with Gasteiger partial charge in [0.1, 0.15) is 34.0 Å². The third-order valence-electron chi connectivity index (χ3n) is 10.7. The molecule has 53 heavy (non-hydrogen) atoms. The van der Waals surface area contributed by atoms with E-state index in [2.05, 4.69) is 33.0 Å². The number of pyridine rings is 2. The van der Waals surface area contributed by atoms with Crippen LogP contribution in [0.3, 0.4) is 0 Å². The molecule has 274 valence electrons. The fourth-order valence-electron chi connectivity index (χ4n) is 7.97. The highest BCUT2D eigenvalue weighted by molar-refractivity contribution is 6.36. The number of fused-ring (bicyclic) bond motifs is 2. The van der Waals surface area contributed by atoms with Gasteiger partial charge in [0.05, 0.1) is 29.7 Å². The molecular weight excluding hydrogens is 715 g/mol. The minimum absolute atomic E-state index is 0.251. The van der Waals surface area contributed by atoms with Gasteiger partial charge in [0, 0.05) is 68.7 Å². The Morgan fingerprint density at radius 1 is 0.962 bits per heavy atom. The van der Waals surface area contributed by atoms with E-state index in [0.717, 1.165) is 66.6 Å². The zero-order chi connectivity index (χ0) is 36.8. The maximum Gasteiger partial charge on any atom is 0.236 e. The summed E-state index contributed by atoms with van der Waals surface area (Å²) in [5.74, 6) is 1.23. The maximum atomic E-state index is 10.0. The fourth-order valence-corrected chi connectivity index (χ4v) is 8.51. The van der Waals surface area contributed by atoms with E-state index in [9.17, 15) is 15.5 Å². The van der Waals surface area contributed by atoms with Crippen molar-refractivity contribution >= 4 is 34.2 Å². The summed E-state index contributed by atoms with van der Waals surface area (Å²) < 4.78 is 20.2. The van der Waals surface area contributed by atoms with Crippen LogP contribution in [0.1, 0.15) is 47.6 Å². The van der Waals surface area contributed by atoms with Gasteiger partial charge in [0.2, 0.25) is 11.8 Å². The van der Waals surface area contributed by atoms with Gasteiger partial charge in [0.25, 0.3) is 0 Å². The normalized spacial score (nSPS) is 20.3. The molecule has 11 nitrogen and oxygen atoms in total. The minimum Gasteiger partial charge on any atom is -0.481 e. The molecule has 0 bridgehead atoms. The average Bonchev–Trinajstić information content (AvgIpc) is 3.97. The predicted octanol–water partition coefficient (Wildman–Crippen LogP) is 6.33. The SMILES string of the molecule is COc1nc(O[C@H]2CCc3c(-c4cccc(-c5cc6c(=N)n(CCN7CC[C@@H](O)C7)cc(C#N)c6o5)c4Cl)cccc32)c(Cl)cc1CN1CC[C@@H](O)C1. The molecule has 5 heterocycles. The Bertz CT molecular complexity index is 2300. The first kappa shape index (κ1) is 35.6. The largest absolute Gasteiger partial charge is 0.481 e. The molecule has 3 atom stereocenters. The molecule has 0 unspecified atom stereocenters. The van der Waals surface area contributed by atoms with Crippen molar-refractivity contribution in [1.82, 2.24) is 19.4 Å². The first-order chi connectivity index (χ1) is 25.7. The number of hydrogen-bond donors (Lipinski definition) is 3. The number of likely N-dealkylation sites (tertiary alicyclic amines) is 2. The van der Waals surface area contributed by atoms with Crippen molar-refractivity contribution in [2.24, 2.45) is 0 Å². The van der Waals surface area contributed by atoms with E-state index in [-0.39, 0.29) is 23.8 Å². The quantitative estimate of drug-likeness (QED) is 0.149. The molecule has 3 aromatic heterocycles. The molecule has 0 radical (unpaired) electrons. The van der Waals surface area contributed by atoms with Crippen LogP contribution in [-0.2, 0) is 19.5 Å². The van der Waals surface area contributed by atoms with Crippen molar-refractivity contribution in [3.63, 3.8) is 0 Å². The van der Waals surface area contributed by atoms with E-state index in [1.807, 2.05) is 30.3 Å². The maximum absolute atomic E-state index is 10.0. The van der Waals surface area contributed by atoms with Crippen molar-refractivity contribution in [3.8, 4) is 40.3 Å². The Hall–Kier alpha value is -4.41. The molecule has 2 fully saturated rings. The number of aromatic nitrogens is 2. The summed E-state index contributed by atoms with van der Waals surface area (Å²) in [6, 6.07) is 17.8. The van der Waals surface area contributed by atoms with Crippen molar-refractivity contribution in [1.29, 1.82) is 10.7 Å². The molecule has 2 aromatic carbocycles. The molecule has 0 spiro atoms. The molecular formula is C40H40Cl2N6O5. The van der Waals surface area contributed by atoms with Gasteiger partial charge in [-0.15, -0.1) is 0 Å². The Labute approximate surface area is 317 Å². The van der Waals surface area contributed by atoms with Gasteiger partial charge in [-0.25, -0.2) is 0 Å². The Kier molecular flexibility index (Phi) is 9.93. The Morgan fingerprint density at radius 3 is 2.43 bits per heavy atom. The first-order valence-electron chi connectivity index (χ1n) is 17.9. The zero-order valence-corrected chi connectivity index (χ0v) is 30.8. The molecule has 0 saturated carbocycles. The summed E-state index contributed by atoms with van der Waals surface area (Å²) in [5.41, 5.74) is 6.44. The van der Waals surface area contributed by atoms with Crippen LogP contribution in [0.25, 0.3) is 33.4 Å². The third kappa shape index (κ3) is 6.92. The molecule has 0 amide bonds. The summed E-state index contributed by atoms with van der Waals surface area (Å²) in [6.07, 6.45) is 3.72. The Morgan fingerprint density at radius 2 is 1.70 bits per heavy atom. The van der Waals surface area contributed by atoms with Gasteiger partial charge >= 0.3 is 0 Å². The fraction of sp³-hybridized carbons (Fsp3) is 0.375. The minimum atomic E-state index is -0.322. The number of rotatable bonds is 10. The summed E-state index contributed by atoms with van der Waals surface area (Å²) in [6.45, 7) is 4.59. The predicted molar refractivity (Wildman–Crippen MR) is 201 cm³/mol. The Balaban J connectivity index is 1.07. The standard InChI is InChI=1S/C40H40Cl2N6O5/c1-51-39-23(19-47-13-11-26(50)22-47)16-33(41)40(45-39)53-34-9-8-28-27(4-2-5-29(28)34)30-6-3-7-31(36(30)42)35-17-32-37(52-35)24(18-43)20-48(38(32)44)15-14-46-12-10-25(49)21-46/h2-7,16-17,20,25-26,34,44,49-50H,8-15,19,21-22H2,1H3/t25-,26-,34+/m1/s1. The smallest absolute Gasteiger partial charge is 0.236 e. The molecule has 3 N–H and O–H groups in total. The van der Waals surface area contributed by atoms with Crippen LogP contribution in [0.4, 0.5) is 0 Å². The lowest BCUT2D eigenvalue weighted by Gasteiger charge is -2.20. The van der Waals surface area contributed by atoms with Crippen LogP contribution in [-0.4, -0.2) is 81.6 Å². The van der Waals surface area contributed by atoms with E-state index in [1.54, 1.807) is 23.9 Å². The van der Waals surface area contributed by atoms with Crippen LogP contribution in [0, 0.1) is 16.7 Å². The molecule has 3 aliphatic rings. The highest BCUT2D eigenvalue weighted by Crippen LogP contribution is 2.45. The second-order valence-electron chi connectivity index (χ2n) is 14.1. The number of aliphatic hydroxyl groups is 2. The van der Waals surface area contributed by atoms with Crippen LogP contribution in [0.5, 0.6) is 11.8 Å². The number of furan rings is 1. The molecule has 5 aromatic rings. The molecule has 13 heteroatoms. The van der Waals surface area contributed by atoms with Gasteiger partial charge in [-0.1, -0.05) is 53.5 Å². The highest BCUT2D eigenvalue weighted by atomic mass is 35.5. The lowest BCUT2D eigenvalue weighted by Crippen LogP contribution is -2.30. The van der Waals surface area contributed by atoms with E-state index in [0.29, 0.717) is 82.4 Å². The lowest BCUT2D eigenvalue weighted by molar-refractivity contribution is 0.174. The van der Waals surface area contributed by atoms with Crippen LogP contribution >= 0.6 is 23.2 Å². The van der Waals surface area contributed by atoms with Gasteiger partial charge in [-0.3, -0.25) is 15.2 Å². The lowest BCUT2D eigenvalue weighted by atomic mass is 9.95. The van der Waals surface area contributed by atoms with Gasteiger partial charge < -0.3 is 28.7 Å². The third-order valence-corrected chi connectivity index (χ3v) is 11.3. The second-order valence-corrected chi connectivity index (χ2v) is 14.9. The van der Waals surface area contributed by atoms with E-state index in [4.69, 9.17) is 42.5 Å². The van der Waals surface area contributed by atoms with Crippen molar-refractivity contribution in [3.05, 3.63) is 92.5 Å². The van der Waals surface area contributed by atoms with Crippen molar-refractivity contribution in [2.45, 2.75) is 57.1 Å². The summed E-state index contributed by atoms with van der Waals surface area (Å²) in [4.78, 5) is 8.98. The molecule has 1 aliphatic carbocycles.